The van der Waals surface area contributed by atoms with E-state index in [1.165, 1.54) is 50.5 Å². The summed E-state index contributed by atoms with van der Waals surface area (Å²) in [6, 6.07) is 7.20. The summed E-state index contributed by atoms with van der Waals surface area (Å²) in [5, 5.41) is 11.5. The molecule has 1 aromatic rings. The number of carbonyl (C=O) groups is 2. The smallest absolute Gasteiger partial charge is 0.335 e. The Morgan fingerprint density at radius 3 is 1.83 bits per heavy atom. The fraction of sp³-hybridized carbons (Fsp3) is 0.600. The molecule has 0 spiro atoms. The standard InChI is InChI=1S/C20H31NO3/c1-21-19(22)12-10-8-6-4-2-3-5-7-9-11-17-13-15-18(16-14-17)20(23)24/h13-16H,2-12H2,1H3,(H,21,22)(H,23,24). The Kier molecular flexibility index (Phi) is 10.6. The molecule has 2 N–H and O–H groups in total. The molecule has 0 fully saturated rings. The van der Waals surface area contributed by atoms with Crippen LogP contribution in [0.5, 0.6) is 0 Å². The molecule has 0 heterocycles. The lowest BCUT2D eigenvalue weighted by Gasteiger charge is -2.04. The van der Waals surface area contributed by atoms with Crippen molar-refractivity contribution in [1.82, 2.24) is 5.32 Å². The highest BCUT2D eigenvalue weighted by Crippen LogP contribution is 2.13. The predicted octanol–water partition coefficient (Wildman–Crippen LogP) is 4.57. The number of benzene rings is 1. The number of rotatable bonds is 13. The summed E-state index contributed by atoms with van der Waals surface area (Å²) < 4.78 is 0. The number of carbonyl (C=O) groups excluding carboxylic acids is 1. The SMILES string of the molecule is CNC(=O)CCCCCCCCCCCc1ccc(C(=O)O)cc1. The van der Waals surface area contributed by atoms with Gasteiger partial charge in [-0.2, -0.15) is 0 Å². The van der Waals surface area contributed by atoms with Crippen molar-refractivity contribution >= 4 is 11.9 Å². The second-order valence-corrected chi connectivity index (χ2v) is 6.36. The van der Waals surface area contributed by atoms with Gasteiger partial charge in [-0.3, -0.25) is 4.79 Å². The Balaban J connectivity index is 1.92. The minimum atomic E-state index is -0.866. The Labute approximate surface area is 145 Å². The zero-order valence-electron chi connectivity index (χ0n) is 14.9. The third-order valence-corrected chi connectivity index (χ3v) is 4.35. The van der Waals surface area contributed by atoms with E-state index >= 15 is 0 Å². The molecule has 1 aromatic carbocycles. The van der Waals surface area contributed by atoms with Gasteiger partial charge in [0.05, 0.1) is 5.56 Å². The third kappa shape index (κ3) is 9.33. The van der Waals surface area contributed by atoms with Gasteiger partial charge in [-0.25, -0.2) is 4.79 Å². The molecule has 1 amide bonds. The van der Waals surface area contributed by atoms with Crippen LogP contribution in [0, 0.1) is 0 Å². The largest absolute Gasteiger partial charge is 0.478 e. The fourth-order valence-electron chi connectivity index (χ4n) is 2.79. The van der Waals surface area contributed by atoms with Crippen LogP contribution >= 0.6 is 0 Å². The first-order valence-corrected chi connectivity index (χ1v) is 9.16. The molecule has 0 aliphatic heterocycles. The van der Waals surface area contributed by atoms with E-state index in [1.54, 1.807) is 19.2 Å². The van der Waals surface area contributed by atoms with E-state index in [0.717, 1.165) is 19.3 Å². The molecular formula is C20H31NO3. The number of carboxylic acids is 1. The molecule has 4 heteroatoms. The second kappa shape index (κ2) is 12.6. The number of hydrogen-bond donors (Lipinski definition) is 2. The highest BCUT2D eigenvalue weighted by atomic mass is 16.4. The van der Waals surface area contributed by atoms with Crippen LogP contribution in [-0.4, -0.2) is 24.0 Å². The lowest BCUT2D eigenvalue weighted by molar-refractivity contribution is -0.120. The molecule has 1 rings (SSSR count). The zero-order valence-corrected chi connectivity index (χ0v) is 14.9. The first-order chi connectivity index (χ1) is 11.6. The van der Waals surface area contributed by atoms with Crippen molar-refractivity contribution in [3.05, 3.63) is 35.4 Å². The van der Waals surface area contributed by atoms with E-state index in [9.17, 15) is 9.59 Å². The molecule has 0 atom stereocenters. The van der Waals surface area contributed by atoms with Gasteiger partial charge in [0, 0.05) is 13.5 Å². The number of aryl methyl sites for hydroxylation is 1. The summed E-state index contributed by atoms with van der Waals surface area (Å²) in [4.78, 5) is 21.8. The van der Waals surface area contributed by atoms with E-state index < -0.39 is 5.97 Å². The van der Waals surface area contributed by atoms with Gasteiger partial charge in [-0.05, 0) is 37.0 Å². The normalized spacial score (nSPS) is 10.5. The average Bonchev–Trinajstić information content (AvgIpc) is 2.59. The van der Waals surface area contributed by atoms with Crippen LogP contribution in [0.1, 0.15) is 80.1 Å². The summed E-state index contributed by atoms with van der Waals surface area (Å²) in [7, 11) is 1.69. The lowest BCUT2D eigenvalue weighted by Crippen LogP contribution is -2.16. The number of nitrogens with one attached hydrogen (secondary N) is 1. The predicted molar refractivity (Wildman–Crippen MR) is 97.3 cm³/mol. The quantitative estimate of drug-likeness (QED) is 0.519. The van der Waals surface area contributed by atoms with Crippen LogP contribution in [0.2, 0.25) is 0 Å². The van der Waals surface area contributed by atoms with Gasteiger partial charge in [0.25, 0.3) is 0 Å². The Morgan fingerprint density at radius 2 is 1.33 bits per heavy atom. The van der Waals surface area contributed by atoms with Crippen LogP contribution in [0.25, 0.3) is 0 Å². The van der Waals surface area contributed by atoms with Crippen molar-refractivity contribution in [1.29, 1.82) is 0 Å². The molecule has 4 nitrogen and oxygen atoms in total. The van der Waals surface area contributed by atoms with E-state index in [4.69, 9.17) is 5.11 Å². The lowest BCUT2D eigenvalue weighted by atomic mass is 10.0. The number of hydrogen-bond acceptors (Lipinski definition) is 2. The van der Waals surface area contributed by atoms with Crippen LogP contribution in [0.4, 0.5) is 0 Å². The number of aromatic carboxylic acids is 1. The molecule has 0 aliphatic carbocycles. The number of carboxylic acid groups (broad SMARTS) is 1. The van der Waals surface area contributed by atoms with Crippen LogP contribution in [0.3, 0.4) is 0 Å². The van der Waals surface area contributed by atoms with Gasteiger partial charge in [0.2, 0.25) is 5.91 Å². The minimum Gasteiger partial charge on any atom is -0.478 e. The fourth-order valence-corrected chi connectivity index (χ4v) is 2.79. The first kappa shape index (κ1) is 20.2. The van der Waals surface area contributed by atoms with Gasteiger partial charge >= 0.3 is 5.97 Å². The van der Waals surface area contributed by atoms with Gasteiger partial charge in [-0.1, -0.05) is 57.1 Å². The molecule has 0 aromatic heterocycles. The molecule has 0 saturated carbocycles. The second-order valence-electron chi connectivity index (χ2n) is 6.36. The maximum atomic E-state index is 11.1. The monoisotopic (exact) mass is 333 g/mol. The maximum absolute atomic E-state index is 11.1. The van der Waals surface area contributed by atoms with Crippen molar-refractivity contribution < 1.29 is 14.7 Å². The summed E-state index contributed by atoms with van der Waals surface area (Å²) in [5.41, 5.74) is 1.57. The number of unbranched alkanes of at least 4 members (excludes halogenated alkanes) is 8. The van der Waals surface area contributed by atoms with Gasteiger partial charge in [-0.15, -0.1) is 0 Å². The third-order valence-electron chi connectivity index (χ3n) is 4.35. The topological polar surface area (TPSA) is 66.4 Å². The van der Waals surface area contributed by atoms with Crippen molar-refractivity contribution in [2.75, 3.05) is 7.05 Å². The summed E-state index contributed by atoms with van der Waals surface area (Å²) in [6.07, 6.45) is 12.6. The van der Waals surface area contributed by atoms with E-state index in [-0.39, 0.29) is 5.91 Å². The molecule has 0 saturated heterocycles. The molecule has 134 valence electrons. The maximum Gasteiger partial charge on any atom is 0.335 e. The van der Waals surface area contributed by atoms with Crippen molar-refractivity contribution in [3.8, 4) is 0 Å². The van der Waals surface area contributed by atoms with Crippen LogP contribution in [-0.2, 0) is 11.2 Å². The molecule has 0 unspecified atom stereocenters. The molecule has 0 aliphatic rings. The zero-order chi connectivity index (χ0) is 17.6. The Bertz CT molecular complexity index is 482. The van der Waals surface area contributed by atoms with E-state index in [2.05, 4.69) is 5.32 Å². The summed E-state index contributed by atoms with van der Waals surface area (Å²) in [5.74, 6) is -0.720. The number of amides is 1. The van der Waals surface area contributed by atoms with Gasteiger partial charge < -0.3 is 10.4 Å². The summed E-state index contributed by atoms with van der Waals surface area (Å²) >= 11 is 0. The highest BCUT2D eigenvalue weighted by molar-refractivity contribution is 5.87. The van der Waals surface area contributed by atoms with Crippen LogP contribution < -0.4 is 5.32 Å². The van der Waals surface area contributed by atoms with Crippen molar-refractivity contribution in [3.63, 3.8) is 0 Å². The minimum absolute atomic E-state index is 0.146. The first-order valence-electron chi connectivity index (χ1n) is 9.16. The van der Waals surface area contributed by atoms with Crippen molar-refractivity contribution in [2.24, 2.45) is 0 Å². The van der Waals surface area contributed by atoms with E-state index in [1.807, 2.05) is 12.1 Å². The Hall–Kier alpha value is -1.84. The Morgan fingerprint density at radius 1 is 0.833 bits per heavy atom. The molecule has 0 radical (unpaired) electrons. The average molecular weight is 333 g/mol. The van der Waals surface area contributed by atoms with Crippen molar-refractivity contribution in [2.45, 2.75) is 70.6 Å². The van der Waals surface area contributed by atoms with Gasteiger partial charge in [0.1, 0.15) is 0 Å². The highest BCUT2D eigenvalue weighted by Gasteiger charge is 2.01. The molecule has 24 heavy (non-hydrogen) atoms. The van der Waals surface area contributed by atoms with E-state index in [0.29, 0.717) is 12.0 Å². The molecular weight excluding hydrogens is 302 g/mol. The molecule has 0 bridgehead atoms. The van der Waals surface area contributed by atoms with Gasteiger partial charge in [0.15, 0.2) is 0 Å². The van der Waals surface area contributed by atoms with Crippen LogP contribution in [0.15, 0.2) is 24.3 Å². The summed E-state index contributed by atoms with van der Waals surface area (Å²) in [6.45, 7) is 0.